The van der Waals surface area contributed by atoms with Crippen LogP contribution in [0.25, 0.3) is 27.7 Å². The van der Waals surface area contributed by atoms with Gasteiger partial charge in [0.25, 0.3) is 0 Å². The van der Waals surface area contributed by atoms with Crippen molar-refractivity contribution in [3.8, 4) is 11.1 Å². The number of fused-ring (bicyclic) bond motifs is 3. The summed E-state index contributed by atoms with van der Waals surface area (Å²) in [7, 11) is 1.89. The van der Waals surface area contributed by atoms with E-state index < -0.39 is 5.54 Å². The van der Waals surface area contributed by atoms with Crippen molar-refractivity contribution < 1.29 is 5.21 Å². The monoisotopic (exact) mass is 529 g/mol. The van der Waals surface area contributed by atoms with Crippen LogP contribution in [0.1, 0.15) is 22.4 Å². The summed E-state index contributed by atoms with van der Waals surface area (Å²) in [6.07, 6.45) is 3.43. The second kappa shape index (κ2) is 8.93. The second-order valence-corrected chi connectivity index (χ2v) is 9.79. The van der Waals surface area contributed by atoms with Gasteiger partial charge in [-0.1, -0.05) is 53.5 Å². The number of rotatable bonds is 5. The molecule has 0 saturated heterocycles. The molecular weight excluding hydrogens is 509 g/mol. The van der Waals surface area contributed by atoms with E-state index in [9.17, 15) is 5.21 Å². The molecule has 3 aromatic heterocycles. The Bertz CT molecular complexity index is 1780. The third-order valence-electron chi connectivity index (χ3n) is 6.87. The van der Waals surface area contributed by atoms with Crippen molar-refractivity contribution >= 4 is 39.8 Å². The average molecular weight is 530 g/mol. The van der Waals surface area contributed by atoms with Crippen LogP contribution in [0, 0.1) is 6.92 Å². The van der Waals surface area contributed by atoms with Crippen molar-refractivity contribution in [2.75, 3.05) is 0 Å². The maximum Gasteiger partial charge on any atom is 0.183 e. The number of halogens is 2. The lowest BCUT2D eigenvalue weighted by Gasteiger charge is -2.34. The first-order valence-corrected chi connectivity index (χ1v) is 12.2. The van der Waals surface area contributed by atoms with E-state index >= 15 is 0 Å². The molecule has 3 aromatic carbocycles. The highest BCUT2D eigenvalue weighted by atomic mass is 35.5. The minimum Gasteiger partial charge on any atom is -0.335 e. The molecule has 6 rings (SSSR count). The third-order valence-corrected chi connectivity index (χ3v) is 7.35. The van der Waals surface area contributed by atoms with Crippen LogP contribution in [0.2, 0.25) is 10.0 Å². The number of benzene rings is 3. The van der Waals surface area contributed by atoms with Crippen LogP contribution in [0.15, 0.2) is 79.3 Å². The summed E-state index contributed by atoms with van der Waals surface area (Å²) in [4.78, 5) is 4.33. The van der Waals surface area contributed by atoms with E-state index in [0.29, 0.717) is 15.7 Å². The van der Waals surface area contributed by atoms with Crippen LogP contribution in [0.3, 0.4) is 0 Å². The fourth-order valence-corrected chi connectivity index (χ4v) is 5.45. The summed E-state index contributed by atoms with van der Waals surface area (Å²) in [6, 6.07) is 21.0. The molecule has 10 heteroatoms. The van der Waals surface area contributed by atoms with Gasteiger partial charge in [-0.05, 0) is 76.0 Å². The summed E-state index contributed by atoms with van der Waals surface area (Å²) in [6.45, 7) is 1.99. The molecule has 0 fully saturated rings. The number of hydrogen-bond acceptors (Lipinski definition) is 6. The number of nitrogens with one attached hydrogen (secondary N) is 1. The molecule has 8 nitrogen and oxygen atoms in total. The van der Waals surface area contributed by atoms with Gasteiger partial charge >= 0.3 is 0 Å². The van der Waals surface area contributed by atoms with Crippen LogP contribution >= 0.6 is 23.2 Å². The minimum atomic E-state index is -1.15. The third kappa shape index (κ3) is 3.60. The first-order valence-electron chi connectivity index (χ1n) is 11.5. The largest absolute Gasteiger partial charge is 0.335 e. The van der Waals surface area contributed by atoms with Crippen molar-refractivity contribution in [3.63, 3.8) is 0 Å². The van der Waals surface area contributed by atoms with E-state index in [4.69, 9.17) is 23.2 Å². The van der Waals surface area contributed by atoms with Gasteiger partial charge in [0.05, 0.1) is 23.7 Å². The zero-order chi connectivity index (χ0) is 25.7. The van der Waals surface area contributed by atoms with Crippen LogP contribution < -0.4 is 5.48 Å². The Morgan fingerprint density at radius 2 is 1.73 bits per heavy atom. The Hall–Kier alpha value is -3.82. The first kappa shape index (κ1) is 23.6. The van der Waals surface area contributed by atoms with Gasteiger partial charge in [-0.3, -0.25) is 0 Å². The Balaban J connectivity index is 1.73. The predicted molar refractivity (Wildman–Crippen MR) is 143 cm³/mol. The lowest BCUT2D eigenvalue weighted by molar-refractivity contribution is 0.0995. The summed E-state index contributed by atoms with van der Waals surface area (Å²) >= 11 is 12.6. The number of aromatic nitrogens is 6. The lowest BCUT2D eigenvalue weighted by Crippen LogP contribution is -2.44. The molecule has 1 atom stereocenters. The number of nitrogens with zero attached hydrogens (tertiary/aromatic N) is 6. The topological polar surface area (TPSA) is 93.2 Å². The van der Waals surface area contributed by atoms with Crippen LogP contribution in [-0.2, 0) is 12.6 Å². The van der Waals surface area contributed by atoms with Gasteiger partial charge in [-0.2, -0.15) is 10.00 Å². The molecule has 6 aromatic rings. The highest BCUT2D eigenvalue weighted by molar-refractivity contribution is 6.31. The van der Waals surface area contributed by atoms with Gasteiger partial charge < -0.3 is 9.77 Å². The van der Waals surface area contributed by atoms with E-state index in [0.717, 1.165) is 44.4 Å². The van der Waals surface area contributed by atoms with Crippen molar-refractivity contribution in [1.82, 2.24) is 35.1 Å². The van der Waals surface area contributed by atoms with Crippen molar-refractivity contribution in [2.24, 2.45) is 7.05 Å². The number of imidazole rings is 1. The van der Waals surface area contributed by atoms with Crippen LogP contribution in [-0.4, -0.2) is 34.8 Å². The van der Waals surface area contributed by atoms with Crippen LogP contribution in [0.4, 0.5) is 0 Å². The highest BCUT2D eigenvalue weighted by Gasteiger charge is 2.39. The highest BCUT2D eigenvalue weighted by Crippen LogP contribution is 2.41. The molecule has 0 spiro atoms. The molecule has 3 heterocycles. The molecule has 1 unspecified atom stereocenters. The first-order chi connectivity index (χ1) is 17.9. The van der Waals surface area contributed by atoms with Crippen molar-refractivity contribution in [1.29, 1.82) is 0 Å². The Morgan fingerprint density at radius 1 is 0.946 bits per heavy atom. The van der Waals surface area contributed by atoms with Gasteiger partial charge in [0.15, 0.2) is 5.65 Å². The average Bonchev–Trinajstić information content (AvgIpc) is 3.56. The lowest BCUT2D eigenvalue weighted by atomic mass is 9.79. The second-order valence-electron chi connectivity index (χ2n) is 8.92. The number of hydroxylamine groups is 1. The molecule has 0 aliphatic carbocycles. The van der Waals surface area contributed by atoms with E-state index in [-0.39, 0.29) is 0 Å². The van der Waals surface area contributed by atoms with E-state index in [1.54, 1.807) is 29.2 Å². The summed E-state index contributed by atoms with van der Waals surface area (Å²) < 4.78 is 3.60. The summed E-state index contributed by atoms with van der Waals surface area (Å²) in [5.74, 6) is 0. The van der Waals surface area contributed by atoms with Gasteiger partial charge in [-0.25, -0.2) is 4.98 Å². The number of tetrazole rings is 1. The normalized spacial score (nSPS) is 13.3. The maximum atomic E-state index is 10.9. The smallest absolute Gasteiger partial charge is 0.183 e. The number of hydrogen-bond donors (Lipinski definition) is 2. The Labute approximate surface area is 222 Å². The van der Waals surface area contributed by atoms with Crippen LogP contribution in [0.5, 0.6) is 0 Å². The molecule has 0 saturated carbocycles. The van der Waals surface area contributed by atoms with Gasteiger partial charge in [-0.15, -0.1) is 5.10 Å². The zero-order valence-electron chi connectivity index (χ0n) is 19.9. The summed E-state index contributed by atoms with van der Waals surface area (Å²) in [5, 5.41) is 25.4. The Morgan fingerprint density at radius 3 is 2.43 bits per heavy atom. The quantitative estimate of drug-likeness (QED) is 0.284. The molecule has 0 radical (unpaired) electrons. The Kier molecular flexibility index (Phi) is 5.69. The predicted octanol–water partition coefficient (Wildman–Crippen LogP) is 5.56. The molecule has 184 valence electrons. The standard InChI is InChI=1S/C27H21Cl2N7O/c1-16-25(17-4-3-5-21(29)12-17)22-13-19(8-11-23(22)36-26(16)31-33-34-36)27(32-37,24-14-30-15-35(24)2)18-6-9-20(28)10-7-18/h3-15,32,37H,1-2H3. The molecule has 0 aliphatic rings. The van der Waals surface area contributed by atoms with Crippen molar-refractivity contribution in [3.05, 3.63) is 112 Å². The minimum absolute atomic E-state index is 0.596. The molecule has 0 bridgehead atoms. The molecule has 2 N–H and O–H groups in total. The maximum absolute atomic E-state index is 10.9. The fourth-order valence-electron chi connectivity index (χ4n) is 5.13. The van der Waals surface area contributed by atoms with E-state index in [2.05, 4.69) is 26.0 Å². The number of pyridine rings is 1. The van der Waals surface area contributed by atoms with Gasteiger partial charge in [0, 0.05) is 28.0 Å². The van der Waals surface area contributed by atoms with E-state index in [1.165, 1.54) is 0 Å². The SMILES string of the molecule is Cc1c(-c2cccc(Cl)c2)c2cc(C(NO)(c3ccc(Cl)cc3)c3cncn3C)ccc2n2nnnc12. The molecular formula is C27H21Cl2N7O. The summed E-state index contributed by atoms with van der Waals surface area (Å²) in [5.41, 5.74) is 8.04. The fraction of sp³-hybridized carbons (Fsp3) is 0.111. The molecule has 37 heavy (non-hydrogen) atoms. The van der Waals surface area contributed by atoms with E-state index in [1.807, 2.05) is 73.1 Å². The zero-order valence-corrected chi connectivity index (χ0v) is 21.4. The van der Waals surface area contributed by atoms with Gasteiger partial charge in [0.1, 0.15) is 5.54 Å². The molecule has 0 aliphatic heterocycles. The molecule has 0 amide bonds. The van der Waals surface area contributed by atoms with Crippen molar-refractivity contribution in [2.45, 2.75) is 12.5 Å². The number of aryl methyl sites for hydroxylation is 2. The van der Waals surface area contributed by atoms with Gasteiger partial charge in [0.2, 0.25) is 0 Å².